The van der Waals surface area contributed by atoms with Gasteiger partial charge in [0.05, 0.1) is 5.56 Å². The van der Waals surface area contributed by atoms with Gasteiger partial charge in [0.15, 0.2) is 0 Å². The molecule has 4 N–H and O–H groups in total. The first-order valence-corrected chi connectivity index (χ1v) is 9.94. The number of H-pyrrole nitrogens is 1. The minimum atomic E-state index is -4.77. The monoisotopic (exact) mass is 429 g/mol. The molecule has 0 aliphatic heterocycles. The summed E-state index contributed by atoms with van der Waals surface area (Å²) in [7, 11) is -4.34. The molecule has 0 aliphatic carbocycles. The molecule has 0 aliphatic rings. The molecule has 0 spiro atoms. The molecule has 1 atom stereocenters. The van der Waals surface area contributed by atoms with Crippen molar-refractivity contribution in [3.05, 3.63) is 59.8 Å². The van der Waals surface area contributed by atoms with E-state index in [0.29, 0.717) is 24.6 Å². The SMILES string of the molecule is CC(Cc1c[nH]c2ccccc12)NS(=O)(=O)c1ccc(C(F)(F)F)cc1N(O)O. The fourth-order valence-electron chi connectivity index (χ4n) is 3.08. The van der Waals surface area contributed by atoms with Crippen LogP contribution in [0.15, 0.2) is 53.6 Å². The number of aromatic amines is 1. The molecule has 0 saturated heterocycles. The van der Waals surface area contributed by atoms with Crippen molar-refractivity contribution in [2.75, 3.05) is 5.23 Å². The molecule has 11 heteroatoms. The standard InChI is InChI=1S/C18H18F3N3O4S/c1-11(8-12-10-22-15-5-3-2-4-14(12)15)23-29(27,28)17-7-6-13(18(19,20)21)9-16(17)24(25)26/h2-7,9-11,22-23,25-26H,8H2,1H3. The normalized spacial score (nSPS) is 13.6. The maximum absolute atomic E-state index is 12.9. The average Bonchev–Trinajstić information content (AvgIpc) is 3.03. The van der Waals surface area contributed by atoms with E-state index in [0.717, 1.165) is 16.5 Å². The lowest BCUT2D eigenvalue weighted by Gasteiger charge is -2.19. The molecule has 7 nitrogen and oxygen atoms in total. The van der Waals surface area contributed by atoms with E-state index in [1.54, 1.807) is 13.1 Å². The van der Waals surface area contributed by atoms with Crippen LogP contribution in [-0.4, -0.2) is 29.9 Å². The maximum Gasteiger partial charge on any atom is 0.416 e. The van der Waals surface area contributed by atoms with Gasteiger partial charge in [-0.05, 0) is 43.2 Å². The Morgan fingerprint density at radius 1 is 1.17 bits per heavy atom. The van der Waals surface area contributed by atoms with Gasteiger partial charge in [0.25, 0.3) is 0 Å². The van der Waals surface area contributed by atoms with Gasteiger partial charge in [0.1, 0.15) is 10.6 Å². The Balaban J connectivity index is 1.87. The van der Waals surface area contributed by atoms with Crippen molar-refractivity contribution in [3.63, 3.8) is 0 Å². The quantitative estimate of drug-likeness (QED) is 0.448. The molecule has 29 heavy (non-hydrogen) atoms. The number of halogens is 3. The van der Waals surface area contributed by atoms with Crippen molar-refractivity contribution in [2.24, 2.45) is 0 Å². The van der Waals surface area contributed by atoms with Gasteiger partial charge < -0.3 is 4.98 Å². The number of fused-ring (bicyclic) bond motifs is 1. The Hall–Kier alpha value is -2.60. The van der Waals surface area contributed by atoms with E-state index in [1.165, 1.54) is 0 Å². The van der Waals surface area contributed by atoms with Crippen molar-refractivity contribution in [2.45, 2.75) is 30.5 Å². The number of rotatable bonds is 6. The second-order valence-electron chi connectivity index (χ2n) is 6.56. The molecule has 0 saturated carbocycles. The van der Waals surface area contributed by atoms with Crippen LogP contribution in [0.4, 0.5) is 18.9 Å². The van der Waals surface area contributed by atoms with Crippen molar-refractivity contribution in [1.29, 1.82) is 0 Å². The van der Waals surface area contributed by atoms with Crippen LogP contribution in [0.25, 0.3) is 10.9 Å². The summed E-state index contributed by atoms with van der Waals surface area (Å²) in [6, 6.07) is 8.42. The number of sulfonamides is 1. The summed E-state index contributed by atoms with van der Waals surface area (Å²) < 4.78 is 66.3. The lowest BCUT2D eigenvalue weighted by Crippen LogP contribution is -2.35. The van der Waals surface area contributed by atoms with Crippen molar-refractivity contribution in [3.8, 4) is 0 Å². The first-order valence-electron chi connectivity index (χ1n) is 8.45. The number of hydrogen-bond acceptors (Lipinski definition) is 5. The molecule has 156 valence electrons. The molecule has 0 amide bonds. The van der Waals surface area contributed by atoms with E-state index in [4.69, 9.17) is 0 Å². The number of nitrogens with one attached hydrogen (secondary N) is 2. The molecule has 2 aromatic carbocycles. The summed E-state index contributed by atoms with van der Waals surface area (Å²) in [5.74, 6) is 0. The van der Waals surface area contributed by atoms with Crippen LogP contribution in [0.3, 0.4) is 0 Å². The first-order chi connectivity index (χ1) is 13.5. The average molecular weight is 429 g/mol. The van der Waals surface area contributed by atoms with E-state index < -0.39 is 43.6 Å². The summed E-state index contributed by atoms with van der Waals surface area (Å²) in [6.45, 7) is 1.60. The molecule has 1 unspecified atom stereocenters. The van der Waals surface area contributed by atoms with Crippen LogP contribution >= 0.6 is 0 Å². The Labute approximate surface area is 164 Å². The van der Waals surface area contributed by atoms with Crippen molar-refractivity contribution < 1.29 is 32.0 Å². The summed E-state index contributed by atoms with van der Waals surface area (Å²) in [6.07, 6.45) is -2.72. The van der Waals surface area contributed by atoms with Gasteiger partial charge in [-0.15, -0.1) is 5.23 Å². The Bertz CT molecular complexity index is 1130. The van der Waals surface area contributed by atoms with Crippen LogP contribution in [0.2, 0.25) is 0 Å². The smallest absolute Gasteiger partial charge is 0.361 e. The molecule has 3 aromatic rings. The zero-order valence-electron chi connectivity index (χ0n) is 15.1. The van der Waals surface area contributed by atoms with Gasteiger partial charge in [-0.25, -0.2) is 13.1 Å². The highest BCUT2D eigenvalue weighted by atomic mass is 32.2. The minimum Gasteiger partial charge on any atom is -0.361 e. The molecular weight excluding hydrogens is 411 g/mol. The van der Waals surface area contributed by atoms with E-state index in [9.17, 15) is 32.0 Å². The number of anilines is 1. The second-order valence-corrected chi connectivity index (χ2v) is 8.24. The lowest BCUT2D eigenvalue weighted by molar-refractivity contribution is -0.137. The molecule has 0 radical (unpaired) electrons. The Kier molecular flexibility index (Phi) is 5.59. The Morgan fingerprint density at radius 2 is 1.86 bits per heavy atom. The van der Waals surface area contributed by atoms with E-state index in [1.807, 2.05) is 24.3 Å². The highest BCUT2D eigenvalue weighted by molar-refractivity contribution is 7.89. The predicted molar refractivity (Wildman–Crippen MR) is 99.3 cm³/mol. The highest BCUT2D eigenvalue weighted by Gasteiger charge is 2.33. The van der Waals surface area contributed by atoms with Crippen LogP contribution in [0, 0.1) is 0 Å². The van der Waals surface area contributed by atoms with Gasteiger partial charge in [-0.1, -0.05) is 18.2 Å². The van der Waals surface area contributed by atoms with E-state index >= 15 is 0 Å². The Morgan fingerprint density at radius 3 is 2.52 bits per heavy atom. The fourth-order valence-corrected chi connectivity index (χ4v) is 4.48. The third-order valence-electron chi connectivity index (χ3n) is 4.35. The van der Waals surface area contributed by atoms with Gasteiger partial charge in [-0.2, -0.15) is 13.2 Å². The number of hydrogen-bond donors (Lipinski definition) is 4. The van der Waals surface area contributed by atoms with E-state index in [2.05, 4.69) is 9.71 Å². The van der Waals surface area contributed by atoms with Crippen LogP contribution in [0.1, 0.15) is 18.1 Å². The van der Waals surface area contributed by atoms with Crippen molar-refractivity contribution in [1.82, 2.24) is 9.71 Å². The molecule has 3 rings (SSSR count). The van der Waals surface area contributed by atoms with E-state index in [-0.39, 0.29) is 0 Å². The van der Waals surface area contributed by atoms with Gasteiger partial charge in [0, 0.05) is 23.1 Å². The van der Waals surface area contributed by atoms with Crippen LogP contribution in [0.5, 0.6) is 0 Å². The van der Waals surface area contributed by atoms with Crippen LogP contribution < -0.4 is 9.95 Å². The topological polar surface area (TPSA) is 106 Å². The van der Waals surface area contributed by atoms with Crippen molar-refractivity contribution >= 4 is 26.6 Å². The summed E-state index contributed by atoms with van der Waals surface area (Å²) in [5, 5.41) is 18.8. The highest BCUT2D eigenvalue weighted by Crippen LogP contribution is 2.34. The number of alkyl halides is 3. The third kappa shape index (κ3) is 4.53. The summed E-state index contributed by atoms with van der Waals surface area (Å²) in [5.41, 5.74) is -0.383. The number of benzene rings is 2. The van der Waals surface area contributed by atoms with Gasteiger partial charge >= 0.3 is 6.18 Å². The maximum atomic E-state index is 12.9. The summed E-state index contributed by atoms with van der Waals surface area (Å²) >= 11 is 0. The zero-order valence-corrected chi connectivity index (χ0v) is 15.9. The number of para-hydroxylation sites is 1. The predicted octanol–water partition coefficient (Wildman–Crippen LogP) is 3.68. The molecule has 1 aromatic heterocycles. The fraction of sp³-hybridized carbons (Fsp3) is 0.222. The molecule has 0 fully saturated rings. The van der Waals surface area contributed by atoms with Gasteiger partial charge in [0.2, 0.25) is 10.0 Å². The second kappa shape index (κ2) is 7.67. The number of nitrogens with zero attached hydrogens (tertiary/aromatic N) is 1. The first kappa shape index (κ1) is 21.1. The number of aromatic nitrogens is 1. The molecule has 0 bridgehead atoms. The van der Waals surface area contributed by atoms with Gasteiger partial charge in [-0.3, -0.25) is 10.4 Å². The molecule has 1 heterocycles. The third-order valence-corrected chi connectivity index (χ3v) is 5.99. The van der Waals surface area contributed by atoms with Crippen LogP contribution in [-0.2, 0) is 22.6 Å². The minimum absolute atomic E-state index is 0.307. The zero-order chi connectivity index (χ0) is 21.4. The molecular formula is C18H18F3N3O4S. The lowest BCUT2D eigenvalue weighted by atomic mass is 10.1. The summed E-state index contributed by atoms with van der Waals surface area (Å²) in [4.78, 5) is 2.38. The largest absolute Gasteiger partial charge is 0.416 e.